The molecule has 0 aliphatic heterocycles. The zero-order chi connectivity index (χ0) is 12.7. The maximum absolute atomic E-state index is 6.13. The van der Waals surface area contributed by atoms with Crippen molar-refractivity contribution >= 4 is 11.6 Å². The van der Waals surface area contributed by atoms with Crippen molar-refractivity contribution in [1.82, 2.24) is 4.90 Å². The van der Waals surface area contributed by atoms with Crippen molar-refractivity contribution in [3.05, 3.63) is 28.8 Å². The monoisotopic (exact) mass is 256 g/mol. The lowest BCUT2D eigenvalue weighted by Crippen LogP contribution is -2.16. The quantitative estimate of drug-likeness (QED) is 0.760. The molecule has 1 rings (SSSR count). The van der Waals surface area contributed by atoms with Crippen molar-refractivity contribution in [1.29, 1.82) is 0 Å². The Balaban J connectivity index is 2.54. The Morgan fingerprint density at radius 2 is 2.12 bits per heavy atom. The molecule has 17 heavy (non-hydrogen) atoms. The first-order chi connectivity index (χ1) is 8.15. The highest BCUT2D eigenvalue weighted by atomic mass is 35.5. The summed E-state index contributed by atoms with van der Waals surface area (Å²) in [7, 11) is 4.11. The second kappa shape index (κ2) is 7.54. The van der Waals surface area contributed by atoms with E-state index in [0.29, 0.717) is 13.2 Å². The first kappa shape index (κ1) is 14.3. The van der Waals surface area contributed by atoms with E-state index >= 15 is 0 Å². The minimum absolute atomic E-state index is 0.581. The van der Waals surface area contributed by atoms with E-state index in [-0.39, 0.29) is 0 Å². The molecule has 0 bridgehead atoms. The molecule has 0 aromatic heterocycles. The summed E-state index contributed by atoms with van der Waals surface area (Å²) in [4.78, 5) is 2.14. The van der Waals surface area contributed by atoms with Crippen LogP contribution in [-0.4, -0.2) is 38.7 Å². The van der Waals surface area contributed by atoms with Crippen LogP contribution in [0, 0.1) is 0 Å². The summed E-state index contributed by atoms with van der Waals surface area (Å²) in [6, 6.07) is 5.73. The van der Waals surface area contributed by atoms with Crippen LogP contribution in [0.4, 0.5) is 0 Å². The van der Waals surface area contributed by atoms with Gasteiger partial charge in [-0.15, -0.1) is 0 Å². The number of halogens is 1. The van der Waals surface area contributed by atoms with Crippen molar-refractivity contribution in [3.8, 4) is 5.75 Å². The van der Waals surface area contributed by atoms with Crippen LogP contribution in [0.25, 0.3) is 0 Å². The zero-order valence-electron chi connectivity index (χ0n) is 10.6. The summed E-state index contributed by atoms with van der Waals surface area (Å²) in [5.74, 6) is 0.863. The summed E-state index contributed by atoms with van der Waals surface area (Å²) >= 11 is 6.13. The van der Waals surface area contributed by atoms with Crippen molar-refractivity contribution in [2.75, 3.05) is 33.8 Å². The third kappa shape index (κ3) is 4.94. The Kier molecular flexibility index (Phi) is 6.34. The van der Waals surface area contributed by atoms with Crippen LogP contribution in [0.1, 0.15) is 12.0 Å². The van der Waals surface area contributed by atoms with Crippen molar-refractivity contribution < 1.29 is 4.74 Å². The van der Waals surface area contributed by atoms with Gasteiger partial charge in [-0.05, 0) is 45.6 Å². The molecule has 3 nitrogen and oxygen atoms in total. The van der Waals surface area contributed by atoms with Gasteiger partial charge in [-0.3, -0.25) is 0 Å². The van der Waals surface area contributed by atoms with Gasteiger partial charge in [0, 0.05) is 17.1 Å². The maximum atomic E-state index is 6.13. The van der Waals surface area contributed by atoms with Crippen LogP contribution in [0.15, 0.2) is 18.2 Å². The lowest BCUT2D eigenvalue weighted by atomic mass is 10.1. The minimum Gasteiger partial charge on any atom is -0.493 e. The van der Waals surface area contributed by atoms with Gasteiger partial charge in [0.25, 0.3) is 0 Å². The van der Waals surface area contributed by atoms with Crippen LogP contribution < -0.4 is 10.5 Å². The highest BCUT2D eigenvalue weighted by Gasteiger charge is 2.07. The summed E-state index contributed by atoms with van der Waals surface area (Å²) in [5, 5.41) is 0.737. The Morgan fingerprint density at radius 3 is 2.76 bits per heavy atom. The first-order valence-electron chi connectivity index (χ1n) is 5.90. The number of hydrogen-bond donors (Lipinski definition) is 1. The minimum atomic E-state index is 0.581. The molecule has 0 saturated carbocycles. The molecule has 0 heterocycles. The molecule has 0 amide bonds. The Labute approximate surface area is 109 Å². The zero-order valence-corrected chi connectivity index (χ0v) is 11.3. The van der Waals surface area contributed by atoms with Gasteiger partial charge in [0.1, 0.15) is 5.75 Å². The van der Waals surface area contributed by atoms with Gasteiger partial charge in [0.05, 0.1) is 6.61 Å². The van der Waals surface area contributed by atoms with E-state index < -0.39 is 0 Å². The van der Waals surface area contributed by atoms with E-state index in [9.17, 15) is 0 Å². The average Bonchev–Trinajstić information content (AvgIpc) is 2.28. The predicted octanol–water partition coefficient (Wildman–Crippen LogP) is 2.17. The Morgan fingerprint density at radius 1 is 1.35 bits per heavy atom. The van der Waals surface area contributed by atoms with Crippen LogP contribution in [-0.2, 0) is 6.42 Å². The van der Waals surface area contributed by atoms with Crippen LogP contribution >= 0.6 is 11.6 Å². The van der Waals surface area contributed by atoms with Gasteiger partial charge in [-0.2, -0.15) is 0 Å². The molecule has 0 spiro atoms. The molecule has 96 valence electrons. The van der Waals surface area contributed by atoms with Crippen molar-refractivity contribution in [2.45, 2.75) is 12.8 Å². The normalized spacial score (nSPS) is 10.9. The summed E-state index contributed by atoms with van der Waals surface area (Å²) in [6.07, 6.45) is 1.75. The van der Waals surface area contributed by atoms with Crippen LogP contribution in [0.5, 0.6) is 5.75 Å². The van der Waals surface area contributed by atoms with E-state index in [1.165, 1.54) is 0 Å². The molecule has 0 atom stereocenters. The molecule has 0 unspecified atom stereocenters. The smallest absolute Gasteiger partial charge is 0.124 e. The highest BCUT2D eigenvalue weighted by Crippen LogP contribution is 2.26. The SMILES string of the molecule is CN(C)CCCOc1cccc(Cl)c1CCN. The van der Waals surface area contributed by atoms with Crippen molar-refractivity contribution in [3.63, 3.8) is 0 Å². The molecule has 0 radical (unpaired) electrons. The third-order valence-corrected chi connectivity index (χ3v) is 2.83. The fraction of sp³-hybridized carbons (Fsp3) is 0.538. The van der Waals surface area contributed by atoms with E-state index in [1.807, 2.05) is 18.2 Å². The van der Waals surface area contributed by atoms with E-state index in [1.54, 1.807) is 0 Å². The number of ether oxygens (including phenoxy) is 1. The number of rotatable bonds is 7. The van der Waals surface area contributed by atoms with Gasteiger partial charge in [0.2, 0.25) is 0 Å². The average molecular weight is 257 g/mol. The molecule has 2 N–H and O–H groups in total. The standard InChI is InChI=1S/C13H21ClN2O/c1-16(2)9-4-10-17-13-6-3-5-12(14)11(13)7-8-15/h3,5-6H,4,7-10,15H2,1-2H3. The summed E-state index contributed by atoms with van der Waals surface area (Å²) in [5.41, 5.74) is 6.59. The van der Waals surface area contributed by atoms with Gasteiger partial charge >= 0.3 is 0 Å². The Bertz CT molecular complexity index is 342. The number of nitrogens with zero attached hydrogens (tertiary/aromatic N) is 1. The predicted molar refractivity (Wildman–Crippen MR) is 72.9 cm³/mol. The van der Waals surface area contributed by atoms with Gasteiger partial charge in [-0.25, -0.2) is 0 Å². The molecule has 4 heteroatoms. The van der Waals surface area contributed by atoms with E-state index in [4.69, 9.17) is 22.1 Å². The van der Waals surface area contributed by atoms with Crippen LogP contribution in [0.2, 0.25) is 5.02 Å². The van der Waals surface area contributed by atoms with E-state index in [0.717, 1.165) is 35.7 Å². The number of benzene rings is 1. The molecular weight excluding hydrogens is 236 g/mol. The molecule has 0 fully saturated rings. The highest BCUT2D eigenvalue weighted by molar-refractivity contribution is 6.31. The molecule has 0 aliphatic carbocycles. The summed E-state index contributed by atoms with van der Waals surface area (Å²) in [6.45, 7) is 2.31. The Hall–Kier alpha value is -0.770. The van der Waals surface area contributed by atoms with Crippen molar-refractivity contribution in [2.24, 2.45) is 5.73 Å². The molecule has 0 aliphatic rings. The maximum Gasteiger partial charge on any atom is 0.124 e. The topological polar surface area (TPSA) is 38.5 Å². The molecule has 0 saturated heterocycles. The number of nitrogens with two attached hydrogens (primary N) is 1. The lowest BCUT2D eigenvalue weighted by molar-refractivity contribution is 0.279. The second-order valence-electron chi connectivity index (χ2n) is 4.26. The molecule has 1 aromatic carbocycles. The molecular formula is C13H21ClN2O. The number of hydrogen-bond acceptors (Lipinski definition) is 3. The fourth-order valence-electron chi connectivity index (χ4n) is 1.62. The lowest BCUT2D eigenvalue weighted by Gasteiger charge is -2.14. The summed E-state index contributed by atoms with van der Waals surface area (Å²) < 4.78 is 5.75. The second-order valence-corrected chi connectivity index (χ2v) is 4.67. The van der Waals surface area contributed by atoms with Gasteiger partial charge in [0.15, 0.2) is 0 Å². The van der Waals surface area contributed by atoms with Gasteiger partial charge < -0.3 is 15.4 Å². The van der Waals surface area contributed by atoms with E-state index in [2.05, 4.69) is 19.0 Å². The first-order valence-corrected chi connectivity index (χ1v) is 6.28. The van der Waals surface area contributed by atoms with Gasteiger partial charge in [-0.1, -0.05) is 17.7 Å². The van der Waals surface area contributed by atoms with Crippen LogP contribution in [0.3, 0.4) is 0 Å². The third-order valence-electron chi connectivity index (χ3n) is 2.48. The molecule has 1 aromatic rings. The largest absolute Gasteiger partial charge is 0.493 e. The fourth-order valence-corrected chi connectivity index (χ4v) is 1.88.